The van der Waals surface area contributed by atoms with Crippen LogP contribution in [0, 0.1) is 5.92 Å². The van der Waals surface area contributed by atoms with Gasteiger partial charge in [-0.2, -0.15) is 11.8 Å². The van der Waals surface area contributed by atoms with Crippen LogP contribution in [-0.4, -0.2) is 47.6 Å². The fourth-order valence-electron chi connectivity index (χ4n) is 3.81. The second kappa shape index (κ2) is 4.97. The van der Waals surface area contributed by atoms with E-state index in [9.17, 15) is 5.11 Å². The molecule has 104 valence electrons. The molecular weight excluding hydrogens is 248 g/mol. The predicted molar refractivity (Wildman–Crippen MR) is 72.9 cm³/mol. The van der Waals surface area contributed by atoms with Crippen molar-refractivity contribution in [3.8, 4) is 0 Å². The van der Waals surface area contributed by atoms with Crippen LogP contribution in [0.5, 0.6) is 0 Å². The summed E-state index contributed by atoms with van der Waals surface area (Å²) in [5.41, 5.74) is -0.385. The molecule has 0 aromatic heterocycles. The lowest BCUT2D eigenvalue weighted by atomic mass is 9.64. The highest BCUT2D eigenvalue weighted by Crippen LogP contribution is 2.49. The Hall–Kier alpha value is 0.230. The highest BCUT2D eigenvalue weighted by molar-refractivity contribution is 7.99. The van der Waals surface area contributed by atoms with E-state index in [0.717, 1.165) is 45.1 Å². The lowest BCUT2D eigenvalue weighted by molar-refractivity contribution is -0.201. The Morgan fingerprint density at radius 1 is 1.22 bits per heavy atom. The molecule has 3 rings (SSSR count). The van der Waals surface area contributed by atoms with Crippen molar-refractivity contribution in [3.63, 3.8) is 0 Å². The maximum Gasteiger partial charge on any atom is 0.0727 e. The summed E-state index contributed by atoms with van der Waals surface area (Å²) in [6, 6.07) is 0. The minimum absolute atomic E-state index is 0.0854. The monoisotopic (exact) mass is 272 g/mol. The summed E-state index contributed by atoms with van der Waals surface area (Å²) in [4.78, 5) is 0. The van der Waals surface area contributed by atoms with Gasteiger partial charge in [0.15, 0.2) is 0 Å². The molecule has 0 aromatic carbocycles. The van der Waals surface area contributed by atoms with Gasteiger partial charge in [0.2, 0.25) is 0 Å². The third kappa shape index (κ3) is 2.33. The Kier molecular flexibility index (Phi) is 3.65. The maximum atomic E-state index is 10.7. The summed E-state index contributed by atoms with van der Waals surface area (Å²) >= 11 is 2.03. The van der Waals surface area contributed by atoms with Crippen molar-refractivity contribution < 1.29 is 14.6 Å². The lowest BCUT2D eigenvalue weighted by Gasteiger charge is -2.53. The number of methoxy groups -OCH3 is 1. The summed E-state index contributed by atoms with van der Waals surface area (Å²) in [5, 5.41) is 10.7. The summed E-state index contributed by atoms with van der Waals surface area (Å²) in [7, 11) is 1.74. The molecule has 1 unspecified atom stereocenters. The van der Waals surface area contributed by atoms with Gasteiger partial charge in [0.25, 0.3) is 0 Å². The zero-order valence-electron chi connectivity index (χ0n) is 11.2. The highest BCUT2D eigenvalue weighted by atomic mass is 32.2. The smallest absolute Gasteiger partial charge is 0.0727 e. The average Bonchev–Trinajstić information content (AvgIpc) is 2.36. The van der Waals surface area contributed by atoms with Crippen LogP contribution in [0.15, 0.2) is 0 Å². The SMILES string of the molecule is COC1CC(O)(C2CCOC3(CCSCC3)C2)C1. The molecule has 2 saturated heterocycles. The van der Waals surface area contributed by atoms with E-state index >= 15 is 0 Å². The van der Waals surface area contributed by atoms with Gasteiger partial charge in [-0.25, -0.2) is 0 Å². The summed E-state index contributed by atoms with van der Waals surface area (Å²) in [6.45, 7) is 0.829. The molecule has 1 spiro atoms. The summed E-state index contributed by atoms with van der Waals surface area (Å²) < 4.78 is 11.4. The predicted octanol–water partition coefficient (Wildman–Crippen LogP) is 2.22. The third-order valence-electron chi connectivity index (χ3n) is 5.15. The molecule has 3 fully saturated rings. The van der Waals surface area contributed by atoms with Crippen molar-refractivity contribution in [2.75, 3.05) is 25.2 Å². The van der Waals surface area contributed by atoms with Crippen LogP contribution in [0.4, 0.5) is 0 Å². The number of thioether (sulfide) groups is 1. The van der Waals surface area contributed by atoms with Crippen LogP contribution >= 0.6 is 11.8 Å². The van der Waals surface area contributed by atoms with E-state index in [2.05, 4.69) is 0 Å². The molecule has 1 aliphatic carbocycles. The van der Waals surface area contributed by atoms with Crippen LogP contribution < -0.4 is 0 Å². The third-order valence-corrected chi connectivity index (χ3v) is 6.14. The molecule has 2 heterocycles. The first-order valence-electron chi connectivity index (χ1n) is 7.13. The molecule has 1 saturated carbocycles. The molecule has 0 bridgehead atoms. The fourth-order valence-corrected chi connectivity index (χ4v) is 5.04. The lowest BCUT2D eigenvalue weighted by Crippen LogP contribution is -2.57. The molecule has 0 radical (unpaired) electrons. The van der Waals surface area contributed by atoms with Gasteiger partial charge in [-0.3, -0.25) is 0 Å². The largest absolute Gasteiger partial charge is 0.389 e. The quantitative estimate of drug-likeness (QED) is 0.836. The zero-order valence-corrected chi connectivity index (χ0v) is 12.0. The van der Waals surface area contributed by atoms with Gasteiger partial charge in [-0.15, -0.1) is 0 Å². The number of hydrogen-bond donors (Lipinski definition) is 1. The highest BCUT2D eigenvalue weighted by Gasteiger charge is 2.52. The number of hydrogen-bond acceptors (Lipinski definition) is 4. The standard InChI is InChI=1S/C14H24O3S/c1-16-12-9-14(15,10-12)11-2-5-17-13(8-11)3-6-18-7-4-13/h11-12,15H,2-10H2,1H3. The molecule has 18 heavy (non-hydrogen) atoms. The van der Waals surface area contributed by atoms with Crippen molar-refractivity contribution >= 4 is 11.8 Å². The van der Waals surface area contributed by atoms with Gasteiger partial charge in [-0.05, 0) is 43.1 Å². The molecule has 2 aliphatic heterocycles. The van der Waals surface area contributed by atoms with Crippen LogP contribution in [0.2, 0.25) is 0 Å². The van der Waals surface area contributed by atoms with E-state index in [-0.39, 0.29) is 11.7 Å². The van der Waals surface area contributed by atoms with Crippen LogP contribution in [0.1, 0.15) is 38.5 Å². The minimum Gasteiger partial charge on any atom is -0.389 e. The molecule has 0 aromatic rings. The fraction of sp³-hybridized carbons (Fsp3) is 1.00. The van der Waals surface area contributed by atoms with Crippen LogP contribution in [0.25, 0.3) is 0 Å². The van der Waals surface area contributed by atoms with Crippen molar-refractivity contribution in [1.82, 2.24) is 0 Å². The Morgan fingerprint density at radius 2 is 1.94 bits per heavy atom. The topological polar surface area (TPSA) is 38.7 Å². The summed E-state index contributed by atoms with van der Waals surface area (Å²) in [5.74, 6) is 2.85. The van der Waals surface area contributed by atoms with Gasteiger partial charge in [0.05, 0.1) is 17.3 Å². The van der Waals surface area contributed by atoms with Crippen molar-refractivity contribution in [2.24, 2.45) is 5.92 Å². The van der Waals surface area contributed by atoms with Crippen LogP contribution in [0.3, 0.4) is 0 Å². The van der Waals surface area contributed by atoms with E-state index in [0.29, 0.717) is 5.92 Å². The van der Waals surface area contributed by atoms with Gasteiger partial charge in [0, 0.05) is 26.6 Å². The number of aliphatic hydroxyl groups is 1. The normalized spacial score (nSPS) is 43.7. The zero-order chi connectivity index (χ0) is 12.6. The second-order valence-electron chi connectivity index (χ2n) is 6.20. The van der Waals surface area contributed by atoms with Crippen molar-refractivity contribution in [3.05, 3.63) is 0 Å². The van der Waals surface area contributed by atoms with E-state index in [4.69, 9.17) is 9.47 Å². The first kappa shape index (κ1) is 13.2. The molecular formula is C14H24O3S. The second-order valence-corrected chi connectivity index (χ2v) is 7.43. The average molecular weight is 272 g/mol. The molecule has 3 aliphatic rings. The molecule has 1 atom stereocenters. The molecule has 3 nitrogen and oxygen atoms in total. The van der Waals surface area contributed by atoms with Crippen LogP contribution in [-0.2, 0) is 9.47 Å². The van der Waals surface area contributed by atoms with E-state index in [1.54, 1.807) is 7.11 Å². The van der Waals surface area contributed by atoms with Gasteiger partial charge in [-0.1, -0.05) is 0 Å². The Morgan fingerprint density at radius 3 is 2.61 bits per heavy atom. The van der Waals surface area contributed by atoms with Gasteiger partial charge in [0.1, 0.15) is 0 Å². The minimum atomic E-state index is -0.470. The summed E-state index contributed by atoms with van der Waals surface area (Å²) in [6.07, 6.45) is 6.31. The Labute approximate surface area is 114 Å². The maximum absolute atomic E-state index is 10.7. The van der Waals surface area contributed by atoms with Crippen molar-refractivity contribution in [2.45, 2.75) is 55.8 Å². The van der Waals surface area contributed by atoms with E-state index < -0.39 is 5.60 Å². The molecule has 4 heteroatoms. The van der Waals surface area contributed by atoms with Crippen molar-refractivity contribution in [1.29, 1.82) is 0 Å². The van der Waals surface area contributed by atoms with E-state index in [1.807, 2.05) is 11.8 Å². The first-order valence-corrected chi connectivity index (χ1v) is 8.28. The Balaban J connectivity index is 1.63. The first-order chi connectivity index (χ1) is 8.66. The van der Waals surface area contributed by atoms with Gasteiger partial charge < -0.3 is 14.6 Å². The molecule has 0 amide bonds. The molecule has 1 N–H and O–H groups in total. The number of ether oxygens (including phenoxy) is 2. The Bertz CT molecular complexity index is 290. The van der Waals surface area contributed by atoms with Gasteiger partial charge >= 0.3 is 0 Å². The van der Waals surface area contributed by atoms with E-state index in [1.165, 1.54) is 11.5 Å². The number of rotatable bonds is 2.